The maximum absolute atomic E-state index is 14.1. The van der Waals surface area contributed by atoms with Crippen LogP contribution in [0.25, 0.3) is 5.69 Å². The van der Waals surface area contributed by atoms with E-state index in [1.54, 1.807) is 6.07 Å². The minimum absolute atomic E-state index is 0.287. The lowest BCUT2D eigenvalue weighted by atomic mass is 9.87. The predicted octanol–water partition coefficient (Wildman–Crippen LogP) is 3.40. The van der Waals surface area contributed by atoms with Crippen LogP contribution < -0.4 is 5.32 Å². The van der Waals surface area contributed by atoms with Crippen LogP contribution in [0.2, 0.25) is 0 Å². The Morgan fingerprint density at radius 2 is 2.05 bits per heavy atom. The first kappa shape index (κ1) is 13.1. The van der Waals surface area contributed by atoms with Gasteiger partial charge in [-0.25, -0.2) is 14.1 Å². The van der Waals surface area contributed by atoms with Crippen LogP contribution in [0.1, 0.15) is 32.6 Å². The molecule has 1 N–H and O–H groups in total. The third-order valence-electron chi connectivity index (χ3n) is 4.00. The molecule has 1 aromatic heterocycles. The highest BCUT2D eigenvalue weighted by Gasteiger charge is 2.18. The molecule has 4 nitrogen and oxygen atoms in total. The van der Waals surface area contributed by atoms with Gasteiger partial charge in [0.25, 0.3) is 0 Å². The maximum Gasteiger partial charge on any atom is 0.150 e. The van der Waals surface area contributed by atoms with Gasteiger partial charge in [-0.2, -0.15) is 5.10 Å². The molecular formula is C15H19FN4. The summed E-state index contributed by atoms with van der Waals surface area (Å²) in [6, 6.07) is 5.63. The van der Waals surface area contributed by atoms with Crippen molar-refractivity contribution >= 4 is 5.69 Å². The minimum atomic E-state index is -0.287. The standard InChI is InChI=1S/C15H19FN4/c1-11-2-4-12(5-3-11)19-13-6-7-15(14(16)8-13)20-10-17-9-18-20/h6-12,19H,2-5H2,1H3. The first-order valence-electron chi connectivity index (χ1n) is 7.13. The van der Waals surface area contributed by atoms with Crippen LogP contribution in [-0.2, 0) is 0 Å². The second-order valence-electron chi connectivity index (χ2n) is 5.61. The molecule has 5 heteroatoms. The molecule has 1 aliphatic carbocycles. The molecule has 0 amide bonds. The van der Waals surface area contributed by atoms with E-state index in [0.717, 1.165) is 24.4 Å². The SMILES string of the molecule is CC1CCC(Nc2ccc(-n3cncn3)c(F)c2)CC1. The number of aromatic nitrogens is 3. The Morgan fingerprint density at radius 3 is 2.70 bits per heavy atom. The normalized spacial score (nSPS) is 22.7. The van der Waals surface area contributed by atoms with Gasteiger partial charge in [-0.1, -0.05) is 6.92 Å². The molecule has 1 fully saturated rings. The van der Waals surface area contributed by atoms with Crippen molar-refractivity contribution < 1.29 is 4.39 Å². The summed E-state index contributed by atoms with van der Waals surface area (Å²) in [5.74, 6) is 0.532. The van der Waals surface area contributed by atoms with Gasteiger partial charge in [0.15, 0.2) is 5.82 Å². The smallest absolute Gasteiger partial charge is 0.150 e. The van der Waals surface area contributed by atoms with Crippen LogP contribution in [0.5, 0.6) is 0 Å². The molecule has 2 aromatic rings. The molecule has 0 aliphatic heterocycles. The Balaban J connectivity index is 1.71. The van der Waals surface area contributed by atoms with Crippen LogP contribution in [0.3, 0.4) is 0 Å². The lowest BCUT2D eigenvalue weighted by Gasteiger charge is -2.27. The van der Waals surface area contributed by atoms with Crippen LogP contribution in [-0.4, -0.2) is 20.8 Å². The summed E-state index contributed by atoms with van der Waals surface area (Å²) in [6.45, 7) is 2.29. The molecule has 0 spiro atoms. The van der Waals surface area contributed by atoms with Crippen LogP contribution in [0.4, 0.5) is 10.1 Å². The molecule has 1 aliphatic rings. The number of hydrogen-bond acceptors (Lipinski definition) is 3. The monoisotopic (exact) mass is 274 g/mol. The average Bonchev–Trinajstić information content (AvgIpc) is 2.95. The molecular weight excluding hydrogens is 255 g/mol. The first-order valence-corrected chi connectivity index (χ1v) is 7.13. The third-order valence-corrected chi connectivity index (χ3v) is 4.00. The van der Waals surface area contributed by atoms with Crippen molar-refractivity contribution in [3.63, 3.8) is 0 Å². The van der Waals surface area contributed by atoms with Crippen molar-refractivity contribution in [3.05, 3.63) is 36.7 Å². The van der Waals surface area contributed by atoms with Gasteiger partial charge < -0.3 is 5.32 Å². The highest BCUT2D eigenvalue weighted by Crippen LogP contribution is 2.26. The number of nitrogens with zero attached hydrogens (tertiary/aromatic N) is 3. The lowest BCUT2D eigenvalue weighted by Crippen LogP contribution is -2.25. The Labute approximate surface area is 118 Å². The van der Waals surface area contributed by atoms with Gasteiger partial charge in [0, 0.05) is 11.7 Å². The van der Waals surface area contributed by atoms with Crippen LogP contribution in [0, 0.1) is 11.7 Å². The highest BCUT2D eigenvalue weighted by atomic mass is 19.1. The van der Waals surface area contributed by atoms with Gasteiger partial charge in [-0.05, 0) is 49.8 Å². The Kier molecular flexibility index (Phi) is 3.67. The minimum Gasteiger partial charge on any atom is -0.382 e. The third kappa shape index (κ3) is 2.81. The van der Waals surface area contributed by atoms with Gasteiger partial charge in [0.2, 0.25) is 0 Å². The number of nitrogens with one attached hydrogen (secondary N) is 1. The molecule has 106 valence electrons. The molecule has 0 atom stereocenters. The quantitative estimate of drug-likeness (QED) is 0.932. The number of halogens is 1. The molecule has 1 saturated carbocycles. The predicted molar refractivity (Wildman–Crippen MR) is 76.4 cm³/mol. The molecule has 20 heavy (non-hydrogen) atoms. The zero-order valence-electron chi connectivity index (χ0n) is 11.6. The van der Waals surface area contributed by atoms with Crippen molar-refractivity contribution in [2.24, 2.45) is 5.92 Å². The van der Waals surface area contributed by atoms with E-state index in [2.05, 4.69) is 22.3 Å². The van der Waals surface area contributed by atoms with Gasteiger partial charge in [-0.15, -0.1) is 0 Å². The second kappa shape index (κ2) is 5.61. The van der Waals surface area contributed by atoms with E-state index in [4.69, 9.17) is 0 Å². The van der Waals surface area contributed by atoms with Gasteiger partial charge >= 0.3 is 0 Å². The maximum atomic E-state index is 14.1. The molecule has 0 radical (unpaired) electrons. The average molecular weight is 274 g/mol. The van der Waals surface area contributed by atoms with E-state index < -0.39 is 0 Å². The van der Waals surface area contributed by atoms with E-state index in [1.807, 2.05) is 6.07 Å². The molecule has 0 bridgehead atoms. The summed E-state index contributed by atoms with van der Waals surface area (Å²) in [5.41, 5.74) is 1.26. The molecule has 0 unspecified atom stereocenters. The number of benzene rings is 1. The Bertz CT molecular complexity index is 559. The molecule has 3 rings (SSSR count). The summed E-state index contributed by atoms with van der Waals surface area (Å²) < 4.78 is 15.5. The van der Waals surface area contributed by atoms with Crippen molar-refractivity contribution in [2.45, 2.75) is 38.6 Å². The van der Waals surface area contributed by atoms with E-state index >= 15 is 0 Å². The largest absolute Gasteiger partial charge is 0.382 e. The number of hydrogen-bond donors (Lipinski definition) is 1. The Morgan fingerprint density at radius 1 is 1.25 bits per heavy atom. The van der Waals surface area contributed by atoms with Gasteiger partial charge in [0.05, 0.1) is 0 Å². The van der Waals surface area contributed by atoms with E-state index in [0.29, 0.717) is 11.7 Å². The fourth-order valence-corrected chi connectivity index (χ4v) is 2.76. The number of anilines is 1. The van der Waals surface area contributed by atoms with Gasteiger partial charge in [-0.3, -0.25) is 0 Å². The van der Waals surface area contributed by atoms with Crippen molar-refractivity contribution in [2.75, 3.05) is 5.32 Å². The summed E-state index contributed by atoms with van der Waals surface area (Å²) in [4.78, 5) is 3.83. The van der Waals surface area contributed by atoms with Crippen molar-refractivity contribution in [1.29, 1.82) is 0 Å². The first-order chi connectivity index (χ1) is 9.72. The molecule has 0 saturated heterocycles. The van der Waals surface area contributed by atoms with Gasteiger partial charge in [0.1, 0.15) is 18.3 Å². The summed E-state index contributed by atoms with van der Waals surface area (Å²) in [6.07, 6.45) is 7.71. The fourth-order valence-electron chi connectivity index (χ4n) is 2.76. The lowest BCUT2D eigenvalue weighted by molar-refractivity contribution is 0.361. The zero-order valence-corrected chi connectivity index (χ0v) is 11.6. The van der Waals surface area contributed by atoms with E-state index in [1.165, 1.54) is 36.2 Å². The van der Waals surface area contributed by atoms with Crippen LogP contribution in [0.15, 0.2) is 30.9 Å². The Hall–Kier alpha value is -1.91. The summed E-state index contributed by atoms with van der Waals surface area (Å²) in [5, 5.41) is 7.38. The number of rotatable bonds is 3. The highest BCUT2D eigenvalue weighted by molar-refractivity contribution is 5.50. The molecule has 1 aromatic carbocycles. The van der Waals surface area contributed by atoms with Crippen LogP contribution >= 0.6 is 0 Å². The van der Waals surface area contributed by atoms with E-state index in [9.17, 15) is 4.39 Å². The second-order valence-corrected chi connectivity index (χ2v) is 5.61. The summed E-state index contributed by atoms with van der Waals surface area (Å²) in [7, 11) is 0. The summed E-state index contributed by atoms with van der Waals surface area (Å²) >= 11 is 0. The van der Waals surface area contributed by atoms with E-state index in [-0.39, 0.29) is 5.82 Å². The fraction of sp³-hybridized carbons (Fsp3) is 0.467. The van der Waals surface area contributed by atoms with Crippen molar-refractivity contribution in [1.82, 2.24) is 14.8 Å². The molecule has 1 heterocycles. The topological polar surface area (TPSA) is 42.7 Å². The van der Waals surface area contributed by atoms with Crippen molar-refractivity contribution in [3.8, 4) is 5.69 Å². The zero-order chi connectivity index (χ0) is 13.9.